The van der Waals surface area contributed by atoms with Crippen LogP contribution in [0.4, 0.5) is 4.79 Å². The van der Waals surface area contributed by atoms with Crippen molar-refractivity contribution >= 4 is 6.16 Å². The van der Waals surface area contributed by atoms with E-state index in [0.717, 1.165) is 0 Å². The van der Waals surface area contributed by atoms with Crippen molar-refractivity contribution in [1.82, 2.24) is 0 Å². The second kappa shape index (κ2) is 6.68. The van der Waals surface area contributed by atoms with E-state index in [2.05, 4.69) is 9.47 Å². The van der Waals surface area contributed by atoms with E-state index in [1.54, 1.807) is 6.92 Å². The van der Waals surface area contributed by atoms with Gasteiger partial charge >= 0.3 is 6.16 Å². The summed E-state index contributed by atoms with van der Waals surface area (Å²) in [6.07, 6.45) is -2.05. The Kier molecular flexibility index (Phi) is 6.26. The van der Waals surface area contributed by atoms with Gasteiger partial charge in [0.05, 0.1) is 12.7 Å². The first-order chi connectivity index (χ1) is 6.07. The number of hydrogen-bond acceptors (Lipinski definition) is 5. The minimum absolute atomic E-state index is 0.155. The molecule has 2 unspecified atom stereocenters. The molecule has 0 aromatic heterocycles. The monoisotopic (exact) mass is 192 g/mol. The molecule has 78 valence electrons. The Labute approximate surface area is 77.6 Å². The molecule has 5 nitrogen and oxygen atoms in total. The molecule has 0 bridgehead atoms. The van der Waals surface area contributed by atoms with Crippen molar-refractivity contribution in [2.45, 2.75) is 26.1 Å². The van der Waals surface area contributed by atoms with Gasteiger partial charge in [-0.3, -0.25) is 0 Å². The lowest BCUT2D eigenvalue weighted by Gasteiger charge is -2.14. The van der Waals surface area contributed by atoms with Crippen LogP contribution in [0.1, 0.15) is 13.8 Å². The van der Waals surface area contributed by atoms with Crippen molar-refractivity contribution in [2.24, 2.45) is 0 Å². The number of ether oxygens (including phenoxy) is 3. The fraction of sp³-hybridized carbons (Fsp3) is 0.875. The lowest BCUT2D eigenvalue weighted by atomic mass is 10.3. The van der Waals surface area contributed by atoms with Crippen molar-refractivity contribution in [3.8, 4) is 0 Å². The molecule has 0 radical (unpaired) electrons. The largest absolute Gasteiger partial charge is 0.508 e. The third-order valence-electron chi connectivity index (χ3n) is 1.47. The average Bonchev–Trinajstić information content (AvgIpc) is 2.04. The summed E-state index contributed by atoms with van der Waals surface area (Å²) in [5.74, 6) is 0. The fourth-order valence-corrected chi connectivity index (χ4v) is 0.493. The number of methoxy groups -OCH3 is 1. The second-order valence-corrected chi connectivity index (χ2v) is 2.65. The molecule has 0 aliphatic rings. The normalized spacial score (nSPS) is 14.8. The zero-order valence-electron chi connectivity index (χ0n) is 8.15. The number of hydrogen-bond donors (Lipinski definition) is 1. The zero-order chi connectivity index (χ0) is 10.3. The van der Waals surface area contributed by atoms with Gasteiger partial charge in [-0.2, -0.15) is 0 Å². The minimum Gasteiger partial charge on any atom is -0.432 e. The van der Waals surface area contributed by atoms with Gasteiger partial charge in [-0.25, -0.2) is 4.79 Å². The van der Waals surface area contributed by atoms with Crippen molar-refractivity contribution in [3.05, 3.63) is 0 Å². The maximum absolute atomic E-state index is 10.8. The Balaban J connectivity index is 3.50. The van der Waals surface area contributed by atoms with E-state index in [9.17, 15) is 4.79 Å². The second-order valence-electron chi connectivity index (χ2n) is 2.65. The van der Waals surface area contributed by atoms with Crippen LogP contribution in [-0.2, 0) is 14.2 Å². The first-order valence-electron chi connectivity index (χ1n) is 4.08. The summed E-state index contributed by atoms with van der Waals surface area (Å²) in [6, 6.07) is 0. The Bertz CT molecular complexity index is 145. The molecule has 0 aliphatic carbocycles. The van der Waals surface area contributed by atoms with E-state index >= 15 is 0 Å². The van der Waals surface area contributed by atoms with Crippen LogP contribution >= 0.6 is 0 Å². The molecule has 0 heterocycles. The SMILES string of the molecule is COCCOC(=O)OC(C)C(C)O. The molecule has 1 N–H and O–H groups in total. The van der Waals surface area contributed by atoms with E-state index in [0.29, 0.717) is 6.61 Å². The summed E-state index contributed by atoms with van der Waals surface area (Å²) in [5.41, 5.74) is 0. The predicted molar refractivity (Wildman–Crippen MR) is 45.5 cm³/mol. The maximum atomic E-state index is 10.8. The van der Waals surface area contributed by atoms with Gasteiger partial charge in [-0.1, -0.05) is 0 Å². The van der Waals surface area contributed by atoms with Crippen molar-refractivity contribution in [1.29, 1.82) is 0 Å². The Morgan fingerprint density at radius 3 is 2.46 bits per heavy atom. The molecule has 0 rings (SSSR count). The molecule has 0 saturated carbocycles. The quantitative estimate of drug-likeness (QED) is 0.509. The summed E-state index contributed by atoms with van der Waals surface area (Å²) in [7, 11) is 1.51. The highest BCUT2D eigenvalue weighted by Gasteiger charge is 2.14. The van der Waals surface area contributed by atoms with E-state index in [1.165, 1.54) is 14.0 Å². The van der Waals surface area contributed by atoms with Gasteiger partial charge in [0.25, 0.3) is 0 Å². The fourth-order valence-electron chi connectivity index (χ4n) is 0.493. The lowest BCUT2D eigenvalue weighted by Crippen LogP contribution is -2.26. The van der Waals surface area contributed by atoms with Crippen molar-refractivity contribution < 1.29 is 24.1 Å². The number of rotatable bonds is 5. The first kappa shape index (κ1) is 12.2. The van der Waals surface area contributed by atoms with Crippen LogP contribution in [0.3, 0.4) is 0 Å². The third kappa shape index (κ3) is 6.36. The van der Waals surface area contributed by atoms with Gasteiger partial charge in [0, 0.05) is 7.11 Å². The first-order valence-corrected chi connectivity index (χ1v) is 4.08. The highest BCUT2D eigenvalue weighted by Crippen LogP contribution is 1.99. The molecule has 0 aromatic rings. The molecule has 0 amide bonds. The van der Waals surface area contributed by atoms with Crippen LogP contribution in [0.15, 0.2) is 0 Å². The Hall–Kier alpha value is -0.810. The van der Waals surface area contributed by atoms with E-state index < -0.39 is 18.4 Å². The summed E-state index contributed by atoms with van der Waals surface area (Å²) in [5, 5.41) is 8.98. The summed E-state index contributed by atoms with van der Waals surface area (Å²) >= 11 is 0. The molecule has 13 heavy (non-hydrogen) atoms. The van der Waals surface area contributed by atoms with Crippen LogP contribution in [0, 0.1) is 0 Å². The molecular formula is C8H16O5. The zero-order valence-corrected chi connectivity index (χ0v) is 8.15. The molecule has 0 aliphatic heterocycles. The molecule has 2 atom stereocenters. The van der Waals surface area contributed by atoms with Crippen molar-refractivity contribution in [3.63, 3.8) is 0 Å². The number of carbonyl (C=O) groups excluding carboxylic acids is 1. The standard InChI is InChI=1S/C8H16O5/c1-6(9)7(2)13-8(10)12-5-4-11-3/h6-7,9H,4-5H2,1-3H3. The van der Waals surface area contributed by atoms with E-state index in [4.69, 9.17) is 9.84 Å². The molecule has 0 fully saturated rings. The Morgan fingerprint density at radius 2 is 2.00 bits per heavy atom. The van der Waals surface area contributed by atoms with Crippen LogP contribution in [0.2, 0.25) is 0 Å². The number of aliphatic hydroxyl groups is 1. The van der Waals surface area contributed by atoms with E-state index in [1.807, 2.05) is 0 Å². The highest BCUT2D eigenvalue weighted by atomic mass is 16.7. The van der Waals surface area contributed by atoms with Gasteiger partial charge in [0.1, 0.15) is 12.7 Å². The molecule has 0 aromatic carbocycles. The highest BCUT2D eigenvalue weighted by molar-refractivity contribution is 5.60. The van der Waals surface area contributed by atoms with E-state index in [-0.39, 0.29) is 6.61 Å². The van der Waals surface area contributed by atoms with Crippen LogP contribution in [0.5, 0.6) is 0 Å². The predicted octanol–water partition coefficient (Wildman–Crippen LogP) is 0.555. The van der Waals surface area contributed by atoms with Gasteiger partial charge in [0.15, 0.2) is 0 Å². The van der Waals surface area contributed by atoms with Crippen molar-refractivity contribution in [2.75, 3.05) is 20.3 Å². The van der Waals surface area contributed by atoms with Gasteiger partial charge in [-0.05, 0) is 13.8 Å². The molecular weight excluding hydrogens is 176 g/mol. The van der Waals surface area contributed by atoms with Gasteiger partial charge in [-0.15, -0.1) is 0 Å². The topological polar surface area (TPSA) is 65.0 Å². The van der Waals surface area contributed by atoms with Crippen LogP contribution in [0.25, 0.3) is 0 Å². The maximum Gasteiger partial charge on any atom is 0.508 e. The summed E-state index contributed by atoms with van der Waals surface area (Å²) < 4.78 is 14.0. The third-order valence-corrected chi connectivity index (χ3v) is 1.47. The summed E-state index contributed by atoms with van der Waals surface area (Å²) in [4.78, 5) is 10.8. The molecule has 5 heteroatoms. The Morgan fingerprint density at radius 1 is 1.38 bits per heavy atom. The van der Waals surface area contributed by atoms with Crippen LogP contribution < -0.4 is 0 Å². The summed E-state index contributed by atoms with van der Waals surface area (Å²) in [6.45, 7) is 3.61. The number of carbonyl (C=O) groups is 1. The molecule has 0 spiro atoms. The molecule has 0 saturated heterocycles. The smallest absolute Gasteiger partial charge is 0.432 e. The van der Waals surface area contributed by atoms with Crippen LogP contribution in [-0.4, -0.2) is 43.8 Å². The number of aliphatic hydroxyl groups excluding tert-OH is 1. The van der Waals surface area contributed by atoms with Gasteiger partial charge in [0.2, 0.25) is 0 Å². The van der Waals surface area contributed by atoms with Gasteiger partial charge < -0.3 is 19.3 Å². The lowest BCUT2D eigenvalue weighted by molar-refractivity contribution is -0.0233. The minimum atomic E-state index is -0.787. The average molecular weight is 192 g/mol.